The third-order valence-corrected chi connectivity index (χ3v) is 4.94. The maximum Gasteiger partial charge on any atom is 0.407 e. The molecule has 1 atom stereocenters. The van der Waals surface area contributed by atoms with Crippen LogP contribution in [-0.2, 0) is 5.54 Å². The number of carboxylic acid groups (broad SMARTS) is 1. The van der Waals surface area contributed by atoms with Crippen molar-refractivity contribution in [2.45, 2.75) is 24.4 Å². The van der Waals surface area contributed by atoms with Crippen molar-refractivity contribution in [2.24, 2.45) is 5.73 Å². The molecule has 0 bridgehead atoms. The van der Waals surface area contributed by atoms with E-state index in [0.29, 0.717) is 19.6 Å². The molecule has 5 nitrogen and oxygen atoms in total. The first-order chi connectivity index (χ1) is 12.1. The summed E-state index contributed by atoms with van der Waals surface area (Å²) in [5.74, 6) is 0. The molecule has 5 heteroatoms. The molecule has 0 aromatic heterocycles. The Kier molecular flexibility index (Phi) is 5.36. The predicted octanol–water partition coefficient (Wildman–Crippen LogP) is 2.62. The molecular formula is C20H25N3O2. The molecule has 1 fully saturated rings. The summed E-state index contributed by atoms with van der Waals surface area (Å²) in [4.78, 5) is 12.7. The monoisotopic (exact) mass is 339 g/mol. The Bertz CT molecular complexity index is 651. The molecule has 132 valence electrons. The number of rotatable bonds is 5. The van der Waals surface area contributed by atoms with Gasteiger partial charge >= 0.3 is 6.09 Å². The number of nitrogens with one attached hydrogen (secondary N) is 1. The van der Waals surface area contributed by atoms with Crippen molar-refractivity contribution in [3.63, 3.8) is 0 Å². The minimum Gasteiger partial charge on any atom is -0.465 e. The highest BCUT2D eigenvalue weighted by atomic mass is 16.4. The van der Waals surface area contributed by atoms with Gasteiger partial charge in [-0.1, -0.05) is 60.7 Å². The van der Waals surface area contributed by atoms with E-state index in [-0.39, 0.29) is 6.04 Å². The molecule has 25 heavy (non-hydrogen) atoms. The van der Waals surface area contributed by atoms with Crippen molar-refractivity contribution in [2.75, 3.05) is 19.6 Å². The van der Waals surface area contributed by atoms with Gasteiger partial charge in [-0.15, -0.1) is 0 Å². The fourth-order valence-electron chi connectivity index (χ4n) is 3.46. The van der Waals surface area contributed by atoms with Crippen LogP contribution in [0, 0.1) is 0 Å². The Hall–Kier alpha value is -2.37. The minimum atomic E-state index is -0.850. The summed E-state index contributed by atoms with van der Waals surface area (Å²) in [7, 11) is 0. The Morgan fingerprint density at radius 3 is 2.20 bits per heavy atom. The Balaban J connectivity index is 1.78. The zero-order valence-electron chi connectivity index (χ0n) is 14.3. The second kappa shape index (κ2) is 7.68. The smallest absolute Gasteiger partial charge is 0.407 e. The van der Waals surface area contributed by atoms with E-state index in [1.54, 1.807) is 0 Å². The van der Waals surface area contributed by atoms with E-state index < -0.39 is 11.6 Å². The quantitative estimate of drug-likeness (QED) is 0.782. The SMILES string of the molecule is NC(CN[C@H]1CCCN(C(=O)O)C1)(c1ccccc1)c1ccccc1. The maximum absolute atomic E-state index is 11.2. The summed E-state index contributed by atoms with van der Waals surface area (Å²) in [5, 5.41) is 12.7. The predicted molar refractivity (Wildman–Crippen MR) is 98.5 cm³/mol. The van der Waals surface area contributed by atoms with Gasteiger partial charge in [0.05, 0.1) is 5.54 Å². The topological polar surface area (TPSA) is 78.6 Å². The van der Waals surface area contributed by atoms with Crippen molar-refractivity contribution in [1.29, 1.82) is 0 Å². The maximum atomic E-state index is 11.2. The van der Waals surface area contributed by atoms with Crippen LogP contribution in [0.1, 0.15) is 24.0 Å². The number of amides is 1. The number of hydrogen-bond donors (Lipinski definition) is 3. The van der Waals surface area contributed by atoms with Gasteiger partial charge in [0.15, 0.2) is 0 Å². The molecule has 2 aromatic rings. The van der Waals surface area contributed by atoms with Crippen LogP contribution in [0.3, 0.4) is 0 Å². The van der Waals surface area contributed by atoms with Gasteiger partial charge in [0, 0.05) is 25.7 Å². The molecule has 0 unspecified atom stereocenters. The Morgan fingerprint density at radius 1 is 1.12 bits per heavy atom. The lowest BCUT2D eigenvalue weighted by Crippen LogP contribution is -2.54. The summed E-state index contributed by atoms with van der Waals surface area (Å²) in [6, 6.07) is 20.2. The zero-order chi connectivity index (χ0) is 17.7. The fraction of sp³-hybridized carbons (Fsp3) is 0.350. The van der Waals surface area contributed by atoms with Gasteiger partial charge in [-0.3, -0.25) is 0 Å². The molecule has 2 aromatic carbocycles. The standard InChI is InChI=1S/C20H25N3O2/c21-20(16-8-3-1-4-9-16,17-10-5-2-6-11-17)15-22-18-12-7-13-23(14-18)19(24)25/h1-6,8-11,18,22H,7,12-15,21H2,(H,24,25)/t18-/m0/s1. The molecule has 0 spiro atoms. The summed E-state index contributed by atoms with van der Waals surface area (Å²) in [5.41, 5.74) is 8.28. The molecule has 3 rings (SSSR count). The summed E-state index contributed by atoms with van der Waals surface area (Å²) in [6.07, 6.45) is 0.985. The van der Waals surface area contributed by atoms with Crippen molar-refractivity contribution < 1.29 is 9.90 Å². The van der Waals surface area contributed by atoms with E-state index in [4.69, 9.17) is 5.73 Å². The van der Waals surface area contributed by atoms with Crippen LogP contribution < -0.4 is 11.1 Å². The van der Waals surface area contributed by atoms with E-state index in [1.165, 1.54) is 4.90 Å². The van der Waals surface area contributed by atoms with Gasteiger partial charge in [0.25, 0.3) is 0 Å². The lowest BCUT2D eigenvalue weighted by atomic mass is 9.83. The Morgan fingerprint density at radius 2 is 1.68 bits per heavy atom. The van der Waals surface area contributed by atoms with Gasteiger partial charge < -0.3 is 21.1 Å². The van der Waals surface area contributed by atoms with E-state index >= 15 is 0 Å². The third-order valence-electron chi connectivity index (χ3n) is 4.94. The summed E-state index contributed by atoms with van der Waals surface area (Å²) < 4.78 is 0. The number of likely N-dealkylation sites (tertiary alicyclic amines) is 1. The van der Waals surface area contributed by atoms with E-state index in [0.717, 1.165) is 24.0 Å². The van der Waals surface area contributed by atoms with Crippen LogP contribution >= 0.6 is 0 Å². The number of nitrogens with two attached hydrogens (primary N) is 1. The molecular weight excluding hydrogens is 314 g/mol. The molecule has 1 heterocycles. The first-order valence-electron chi connectivity index (χ1n) is 8.71. The van der Waals surface area contributed by atoms with Crippen molar-refractivity contribution in [1.82, 2.24) is 10.2 Å². The van der Waals surface area contributed by atoms with Crippen LogP contribution in [0.25, 0.3) is 0 Å². The van der Waals surface area contributed by atoms with Gasteiger partial charge in [-0.05, 0) is 24.0 Å². The molecule has 1 aliphatic heterocycles. The van der Waals surface area contributed by atoms with Crippen molar-refractivity contribution in [3.05, 3.63) is 71.8 Å². The number of carbonyl (C=O) groups is 1. The number of nitrogens with zero attached hydrogens (tertiary/aromatic N) is 1. The van der Waals surface area contributed by atoms with Crippen LogP contribution in [0.15, 0.2) is 60.7 Å². The van der Waals surface area contributed by atoms with Gasteiger partial charge in [0.2, 0.25) is 0 Å². The lowest BCUT2D eigenvalue weighted by molar-refractivity contribution is 0.125. The van der Waals surface area contributed by atoms with Crippen LogP contribution in [0.2, 0.25) is 0 Å². The van der Waals surface area contributed by atoms with E-state index in [9.17, 15) is 9.90 Å². The molecule has 1 aliphatic rings. The second-order valence-corrected chi connectivity index (χ2v) is 6.65. The lowest BCUT2D eigenvalue weighted by Gasteiger charge is -2.36. The average Bonchev–Trinajstić information content (AvgIpc) is 2.67. The zero-order valence-corrected chi connectivity index (χ0v) is 14.3. The molecule has 0 aliphatic carbocycles. The van der Waals surface area contributed by atoms with Crippen LogP contribution in [0.5, 0.6) is 0 Å². The minimum absolute atomic E-state index is 0.125. The molecule has 0 saturated carbocycles. The van der Waals surface area contributed by atoms with Crippen molar-refractivity contribution in [3.8, 4) is 0 Å². The number of piperidine rings is 1. The Labute approximate surface area is 148 Å². The van der Waals surface area contributed by atoms with E-state index in [2.05, 4.69) is 5.32 Å². The fourth-order valence-corrected chi connectivity index (χ4v) is 3.46. The molecule has 0 radical (unpaired) electrons. The largest absolute Gasteiger partial charge is 0.465 e. The van der Waals surface area contributed by atoms with Gasteiger partial charge in [-0.2, -0.15) is 0 Å². The van der Waals surface area contributed by atoms with E-state index in [1.807, 2.05) is 60.7 Å². The highest BCUT2D eigenvalue weighted by molar-refractivity contribution is 5.65. The van der Waals surface area contributed by atoms with Gasteiger partial charge in [0.1, 0.15) is 0 Å². The molecule has 1 amide bonds. The average molecular weight is 339 g/mol. The summed E-state index contributed by atoms with van der Waals surface area (Å²) in [6.45, 7) is 1.67. The van der Waals surface area contributed by atoms with Crippen LogP contribution in [0.4, 0.5) is 4.79 Å². The normalized spacial score (nSPS) is 18.1. The van der Waals surface area contributed by atoms with Crippen molar-refractivity contribution >= 4 is 6.09 Å². The van der Waals surface area contributed by atoms with Crippen LogP contribution in [-0.4, -0.2) is 41.8 Å². The first-order valence-corrected chi connectivity index (χ1v) is 8.71. The highest BCUT2D eigenvalue weighted by Crippen LogP contribution is 2.26. The highest BCUT2D eigenvalue weighted by Gasteiger charge is 2.31. The first kappa shape index (κ1) is 17.5. The third kappa shape index (κ3) is 4.00. The molecule has 1 saturated heterocycles. The summed E-state index contributed by atoms with van der Waals surface area (Å²) >= 11 is 0. The van der Waals surface area contributed by atoms with Gasteiger partial charge in [-0.25, -0.2) is 4.79 Å². The number of benzene rings is 2. The molecule has 4 N–H and O–H groups in total. The second-order valence-electron chi connectivity index (χ2n) is 6.65. The number of hydrogen-bond acceptors (Lipinski definition) is 3.